The number of amides is 1. The van der Waals surface area contributed by atoms with Crippen LogP contribution in [0.3, 0.4) is 0 Å². The number of nitrogens with zero attached hydrogens (tertiary/aromatic N) is 1. The number of aliphatic hydroxyl groups excluding tert-OH is 1. The summed E-state index contributed by atoms with van der Waals surface area (Å²) in [5.41, 5.74) is 0.675. The zero-order valence-electron chi connectivity index (χ0n) is 9.40. The van der Waals surface area contributed by atoms with Crippen molar-refractivity contribution in [3.63, 3.8) is 0 Å². The molecular formula is C10H16N2O3S. The number of carbonyl (C=O) groups excluding carboxylic acids is 1. The van der Waals surface area contributed by atoms with Crippen molar-refractivity contribution in [3.05, 3.63) is 17.5 Å². The zero-order valence-corrected chi connectivity index (χ0v) is 10.2. The van der Waals surface area contributed by atoms with Crippen LogP contribution >= 0.6 is 11.8 Å². The van der Waals surface area contributed by atoms with Gasteiger partial charge in [-0.3, -0.25) is 4.79 Å². The molecule has 6 heteroatoms. The quantitative estimate of drug-likeness (QED) is 0.775. The van der Waals surface area contributed by atoms with Crippen LogP contribution in [-0.2, 0) is 0 Å². The molecule has 0 saturated carbocycles. The lowest BCUT2D eigenvalue weighted by molar-refractivity contribution is 0.0898. The molecule has 1 rings (SSSR count). The first kappa shape index (κ1) is 13.1. The Hall–Kier alpha value is -1.01. The molecule has 0 saturated heterocycles. The predicted molar refractivity (Wildman–Crippen MR) is 62.6 cm³/mol. The number of nitrogens with one attached hydrogen (secondary N) is 1. The number of thioether (sulfide) groups is 1. The van der Waals surface area contributed by atoms with E-state index in [1.165, 1.54) is 0 Å². The topological polar surface area (TPSA) is 75.4 Å². The van der Waals surface area contributed by atoms with Gasteiger partial charge in [-0.1, -0.05) is 5.16 Å². The summed E-state index contributed by atoms with van der Waals surface area (Å²) < 4.78 is 4.85. The monoisotopic (exact) mass is 244 g/mol. The van der Waals surface area contributed by atoms with Crippen LogP contribution in [-0.4, -0.2) is 40.8 Å². The Kier molecular flexibility index (Phi) is 5.34. The number of aliphatic hydroxyl groups is 1. The molecule has 0 aliphatic carbocycles. The lowest BCUT2D eigenvalue weighted by Crippen LogP contribution is -2.37. The van der Waals surface area contributed by atoms with E-state index in [2.05, 4.69) is 10.5 Å². The van der Waals surface area contributed by atoms with Gasteiger partial charge in [0, 0.05) is 24.5 Å². The number of rotatable bonds is 6. The number of carbonyl (C=O) groups is 1. The van der Waals surface area contributed by atoms with Gasteiger partial charge >= 0.3 is 0 Å². The van der Waals surface area contributed by atoms with Crippen LogP contribution in [0.25, 0.3) is 0 Å². The van der Waals surface area contributed by atoms with Gasteiger partial charge in [0.1, 0.15) is 0 Å². The average Bonchev–Trinajstić information content (AvgIpc) is 2.65. The van der Waals surface area contributed by atoms with Crippen molar-refractivity contribution in [2.75, 3.05) is 18.6 Å². The summed E-state index contributed by atoms with van der Waals surface area (Å²) in [6.07, 6.45) is 2.49. The fourth-order valence-corrected chi connectivity index (χ4v) is 1.93. The Labute approximate surface area is 98.6 Å². The highest BCUT2D eigenvalue weighted by atomic mass is 32.2. The third-order valence-electron chi connectivity index (χ3n) is 2.03. The maximum atomic E-state index is 11.7. The summed E-state index contributed by atoms with van der Waals surface area (Å²) in [5, 5.41) is 15.3. The number of aromatic nitrogens is 1. The normalized spacial score (nSPS) is 12.4. The van der Waals surface area contributed by atoms with E-state index in [4.69, 9.17) is 9.63 Å². The molecule has 0 fully saturated rings. The van der Waals surface area contributed by atoms with E-state index in [0.29, 0.717) is 12.1 Å². The zero-order chi connectivity index (χ0) is 12.0. The van der Waals surface area contributed by atoms with Gasteiger partial charge in [0.2, 0.25) is 5.76 Å². The smallest absolute Gasteiger partial charge is 0.290 e. The minimum absolute atomic E-state index is 0.0436. The third kappa shape index (κ3) is 3.86. The Morgan fingerprint density at radius 2 is 2.50 bits per heavy atom. The average molecular weight is 244 g/mol. The van der Waals surface area contributed by atoms with Crippen molar-refractivity contribution in [2.24, 2.45) is 0 Å². The van der Waals surface area contributed by atoms with Crippen molar-refractivity contribution in [1.29, 1.82) is 0 Å². The van der Waals surface area contributed by atoms with Crippen molar-refractivity contribution >= 4 is 17.7 Å². The summed E-state index contributed by atoms with van der Waals surface area (Å²) in [7, 11) is 0. The minimum Gasteiger partial charge on any atom is -0.396 e. The first-order valence-electron chi connectivity index (χ1n) is 5.01. The molecule has 0 unspecified atom stereocenters. The number of aryl methyl sites for hydroxylation is 1. The molecule has 0 aliphatic heterocycles. The van der Waals surface area contributed by atoms with Gasteiger partial charge in [-0.05, 0) is 19.6 Å². The highest BCUT2D eigenvalue weighted by Gasteiger charge is 2.16. The molecule has 0 spiro atoms. The molecule has 0 aromatic carbocycles. The molecule has 90 valence electrons. The summed E-state index contributed by atoms with van der Waals surface area (Å²) in [5.74, 6) is 0.689. The molecule has 2 N–H and O–H groups in total. The second-order valence-corrected chi connectivity index (χ2v) is 4.38. The molecule has 0 radical (unpaired) electrons. The molecule has 1 aromatic rings. The molecule has 1 heterocycles. The molecule has 1 aromatic heterocycles. The van der Waals surface area contributed by atoms with E-state index < -0.39 is 0 Å². The van der Waals surface area contributed by atoms with Gasteiger partial charge in [0.25, 0.3) is 5.91 Å². The van der Waals surface area contributed by atoms with Gasteiger partial charge in [-0.2, -0.15) is 11.8 Å². The highest BCUT2D eigenvalue weighted by Crippen LogP contribution is 2.05. The maximum absolute atomic E-state index is 11.7. The van der Waals surface area contributed by atoms with Crippen LogP contribution in [0.1, 0.15) is 22.7 Å². The largest absolute Gasteiger partial charge is 0.396 e. The Morgan fingerprint density at radius 3 is 3.00 bits per heavy atom. The SMILES string of the molecule is CSC[C@@H](CCO)NC(=O)c1cc(C)no1. The highest BCUT2D eigenvalue weighted by molar-refractivity contribution is 7.98. The summed E-state index contributed by atoms with van der Waals surface area (Å²) in [4.78, 5) is 11.7. The summed E-state index contributed by atoms with van der Waals surface area (Å²) >= 11 is 1.62. The third-order valence-corrected chi connectivity index (χ3v) is 2.77. The fraction of sp³-hybridized carbons (Fsp3) is 0.600. The lowest BCUT2D eigenvalue weighted by atomic mass is 10.2. The fourth-order valence-electron chi connectivity index (χ4n) is 1.28. The van der Waals surface area contributed by atoms with E-state index in [1.54, 1.807) is 24.8 Å². The van der Waals surface area contributed by atoms with Gasteiger partial charge in [0.05, 0.1) is 5.69 Å². The standard InChI is InChI=1S/C10H16N2O3S/c1-7-5-9(15-12-7)10(14)11-8(3-4-13)6-16-2/h5,8,13H,3-4,6H2,1-2H3,(H,11,14)/t8-/m1/s1. The molecule has 1 atom stereocenters. The van der Waals surface area contributed by atoms with Crippen molar-refractivity contribution in [2.45, 2.75) is 19.4 Å². The van der Waals surface area contributed by atoms with Crippen molar-refractivity contribution in [3.8, 4) is 0 Å². The first-order chi connectivity index (χ1) is 7.67. The molecule has 16 heavy (non-hydrogen) atoms. The molecular weight excluding hydrogens is 228 g/mol. The van der Waals surface area contributed by atoms with Crippen molar-refractivity contribution < 1.29 is 14.4 Å². The van der Waals surface area contributed by atoms with Crippen LogP contribution in [0.2, 0.25) is 0 Å². The maximum Gasteiger partial charge on any atom is 0.290 e. The Balaban J connectivity index is 2.54. The molecule has 5 nitrogen and oxygen atoms in total. The van der Waals surface area contributed by atoms with Crippen molar-refractivity contribution in [1.82, 2.24) is 10.5 Å². The molecule has 0 aliphatic rings. The second-order valence-electron chi connectivity index (χ2n) is 3.47. The van der Waals surface area contributed by atoms with Crippen LogP contribution in [0.5, 0.6) is 0 Å². The summed E-state index contributed by atoms with van der Waals surface area (Å²) in [6, 6.07) is 1.54. The number of hydrogen-bond donors (Lipinski definition) is 2. The summed E-state index contributed by atoms with van der Waals surface area (Å²) in [6.45, 7) is 1.81. The Morgan fingerprint density at radius 1 is 1.75 bits per heavy atom. The van der Waals surface area contributed by atoms with Gasteiger partial charge in [0.15, 0.2) is 0 Å². The van der Waals surface area contributed by atoms with Gasteiger partial charge in [-0.15, -0.1) is 0 Å². The number of hydrogen-bond acceptors (Lipinski definition) is 5. The molecule has 0 bridgehead atoms. The first-order valence-corrected chi connectivity index (χ1v) is 6.40. The lowest BCUT2D eigenvalue weighted by Gasteiger charge is -2.15. The van der Waals surface area contributed by atoms with Crippen LogP contribution in [0, 0.1) is 6.92 Å². The van der Waals surface area contributed by atoms with E-state index >= 15 is 0 Å². The van der Waals surface area contributed by atoms with E-state index in [0.717, 1.165) is 5.75 Å². The van der Waals surface area contributed by atoms with Gasteiger partial charge in [-0.25, -0.2) is 0 Å². The predicted octanol–water partition coefficient (Wildman–Crippen LogP) is 0.827. The van der Waals surface area contributed by atoms with E-state index in [-0.39, 0.29) is 24.3 Å². The molecule has 1 amide bonds. The van der Waals surface area contributed by atoms with Gasteiger partial charge < -0.3 is 14.9 Å². The van der Waals surface area contributed by atoms with E-state index in [9.17, 15) is 4.79 Å². The minimum atomic E-state index is -0.284. The van der Waals surface area contributed by atoms with Crippen LogP contribution in [0.15, 0.2) is 10.6 Å². The van der Waals surface area contributed by atoms with Crippen LogP contribution < -0.4 is 5.32 Å². The van der Waals surface area contributed by atoms with Crippen LogP contribution in [0.4, 0.5) is 0 Å². The second kappa shape index (κ2) is 6.55. The van der Waals surface area contributed by atoms with E-state index in [1.807, 2.05) is 6.26 Å². The Bertz CT molecular complexity index is 335.